The summed E-state index contributed by atoms with van der Waals surface area (Å²) in [5, 5.41) is 3.03. The molecule has 4 rings (SSSR count). The number of allylic oxidation sites excluding steroid dienone is 1. The molecular formula is C35H50F2N4O5. The summed E-state index contributed by atoms with van der Waals surface area (Å²) in [5.41, 5.74) is -0.995. The van der Waals surface area contributed by atoms with Crippen molar-refractivity contribution in [1.82, 2.24) is 10.2 Å². The second-order valence-corrected chi connectivity index (χ2v) is 15.0. The van der Waals surface area contributed by atoms with Gasteiger partial charge in [-0.15, -0.1) is 0 Å². The van der Waals surface area contributed by atoms with Crippen LogP contribution in [0, 0.1) is 5.92 Å². The molecule has 11 heteroatoms. The third kappa shape index (κ3) is 7.96. The number of ether oxygens (including phenoxy) is 2. The first-order valence-corrected chi connectivity index (χ1v) is 16.2. The quantitative estimate of drug-likeness (QED) is 0.371. The SMILES string of the molecule is CO[C@@H]1C[C@H](C(=O)N(c2ccc(C(C)(C)C)cc2)C(C)(C(=O)NC2CCC(F)(F)CC2)C2C=NC=CC2)N(C(=O)OC(C)(C)C)C1. The van der Waals surface area contributed by atoms with Crippen LogP contribution in [-0.2, 0) is 24.5 Å². The number of benzene rings is 1. The molecule has 254 valence electrons. The molecule has 1 N–H and O–H groups in total. The van der Waals surface area contributed by atoms with Gasteiger partial charge in [0.1, 0.15) is 17.2 Å². The summed E-state index contributed by atoms with van der Waals surface area (Å²) in [7, 11) is 1.53. The number of nitrogens with zero attached hydrogens (tertiary/aromatic N) is 3. The van der Waals surface area contributed by atoms with Crippen LogP contribution in [0.2, 0.25) is 0 Å². The molecule has 2 fully saturated rings. The zero-order valence-electron chi connectivity index (χ0n) is 28.4. The molecule has 3 amide bonds. The molecule has 2 aliphatic heterocycles. The lowest BCUT2D eigenvalue weighted by atomic mass is 9.79. The molecule has 0 bridgehead atoms. The second-order valence-electron chi connectivity index (χ2n) is 15.0. The third-order valence-electron chi connectivity index (χ3n) is 9.27. The second kappa shape index (κ2) is 13.4. The summed E-state index contributed by atoms with van der Waals surface area (Å²) in [6.07, 6.45) is 4.34. The van der Waals surface area contributed by atoms with Crippen LogP contribution in [0.15, 0.2) is 41.5 Å². The van der Waals surface area contributed by atoms with Gasteiger partial charge in [0.25, 0.3) is 5.91 Å². The van der Waals surface area contributed by atoms with Crippen molar-refractivity contribution in [1.29, 1.82) is 0 Å². The van der Waals surface area contributed by atoms with E-state index in [0.717, 1.165) is 5.56 Å². The Hall–Kier alpha value is -3.34. The Labute approximate surface area is 271 Å². The maximum atomic E-state index is 15.0. The number of carbonyl (C=O) groups excluding carboxylic acids is 3. The molecule has 0 radical (unpaired) electrons. The first-order chi connectivity index (χ1) is 21.4. The average Bonchev–Trinajstić information content (AvgIpc) is 3.43. The Morgan fingerprint density at radius 1 is 1.02 bits per heavy atom. The number of hydrogen-bond donors (Lipinski definition) is 1. The summed E-state index contributed by atoms with van der Waals surface area (Å²) < 4.78 is 39.3. The summed E-state index contributed by atoms with van der Waals surface area (Å²) in [6.45, 7) is 13.4. The number of likely N-dealkylation sites (tertiary alicyclic amines) is 1. The van der Waals surface area contributed by atoms with Crippen LogP contribution in [0.4, 0.5) is 19.3 Å². The topological polar surface area (TPSA) is 101 Å². The van der Waals surface area contributed by atoms with Gasteiger partial charge in [0.05, 0.1) is 12.6 Å². The van der Waals surface area contributed by atoms with Gasteiger partial charge in [-0.1, -0.05) is 39.0 Å². The predicted molar refractivity (Wildman–Crippen MR) is 174 cm³/mol. The number of aliphatic imine (C=N–C) groups is 1. The Bertz CT molecular complexity index is 1320. The summed E-state index contributed by atoms with van der Waals surface area (Å²) in [5.74, 6) is -4.24. The molecule has 1 aliphatic carbocycles. The monoisotopic (exact) mass is 644 g/mol. The molecule has 0 spiro atoms. The van der Waals surface area contributed by atoms with Crippen molar-refractivity contribution in [2.24, 2.45) is 10.9 Å². The van der Waals surface area contributed by atoms with Gasteiger partial charge >= 0.3 is 6.09 Å². The highest BCUT2D eigenvalue weighted by Crippen LogP contribution is 2.39. The number of methoxy groups -OCH3 is 1. The number of anilines is 1. The first-order valence-electron chi connectivity index (χ1n) is 16.2. The number of amides is 3. The largest absolute Gasteiger partial charge is 0.444 e. The fourth-order valence-corrected chi connectivity index (χ4v) is 6.42. The molecule has 1 aromatic carbocycles. The van der Waals surface area contributed by atoms with Crippen molar-refractivity contribution in [3.63, 3.8) is 0 Å². The van der Waals surface area contributed by atoms with E-state index >= 15 is 4.79 Å². The zero-order valence-corrected chi connectivity index (χ0v) is 28.4. The Kier molecular flexibility index (Phi) is 10.4. The van der Waals surface area contributed by atoms with E-state index in [2.05, 4.69) is 31.1 Å². The van der Waals surface area contributed by atoms with Crippen LogP contribution in [0.3, 0.4) is 0 Å². The maximum absolute atomic E-state index is 15.0. The summed E-state index contributed by atoms with van der Waals surface area (Å²) >= 11 is 0. The molecular weight excluding hydrogens is 594 g/mol. The van der Waals surface area contributed by atoms with Gasteiger partial charge in [0, 0.05) is 56.4 Å². The van der Waals surface area contributed by atoms with Gasteiger partial charge in [-0.05, 0) is 70.1 Å². The maximum Gasteiger partial charge on any atom is 0.411 e. The van der Waals surface area contributed by atoms with Crippen molar-refractivity contribution >= 4 is 29.8 Å². The van der Waals surface area contributed by atoms with Gasteiger partial charge in [-0.3, -0.25) is 24.4 Å². The van der Waals surface area contributed by atoms with Crippen LogP contribution in [0.1, 0.15) is 92.6 Å². The van der Waals surface area contributed by atoms with E-state index in [0.29, 0.717) is 12.1 Å². The molecule has 2 unspecified atom stereocenters. The van der Waals surface area contributed by atoms with Crippen LogP contribution in [0.5, 0.6) is 0 Å². The number of halogens is 2. The lowest BCUT2D eigenvalue weighted by Gasteiger charge is -2.46. The molecule has 1 aromatic rings. The average molecular weight is 645 g/mol. The molecule has 1 saturated carbocycles. The number of nitrogens with one attached hydrogen (secondary N) is 1. The van der Waals surface area contributed by atoms with E-state index in [1.54, 1.807) is 40.1 Å². The van der Waals surface area contributed by atoms with E-state index in [1.807, 2.05) is 30.3 Å². The minimum atomic E-state index is -2.76. The van der Waals surface area contributed by atoms with Crippen molar-refractivity contribution in [3.05, 3.63) is 42.1 Å². The van der Waals surface area contributed by atoms with Crippen LogP contribution < -0.4 is 10.2 Å². The minimum Gasteiger partial charge on any atom is -0.444 e. The molecule has 9 nitrogen and oxygen atoms in total. The van der Waals surface area contributed by atoms with E-state index in [9.17, 15) is 18.4 Å². The first kappa shape index (κ1) is 35.5. The zero-order chi connectivity index (χ0) is 34.1. The highest BCUT2D eigenvalue weighted by Gasteiger charge is 2.53. The molecule has 0 aromatic heterocycles. The van der Waals surface area contributed by atoms with E-state index < -0.39 is 59.1 Å². The lowest BCUT2D eigenvalue weighted by Crippen LogP contribution is -2.67. The number of alkyl halides is 2. The van der Waals surface area contributed by atoms with Crippen molar-refractivity contribution < 1.29 is 32.6 Å². The standard InChI is InChI=1S/C35H50F2N4O5/c1-32(2,3)23-11-13-26(14-12-23)41(29(42)28-20-27(45-8)22-40(28)31(44)46-33(4,5)6)34(7,24-10-9-19-38-21-24)30(43)39-25-15-17-35(36,37)18-16-25/h9,11-14,19,21,24-25,27-28H,10,15-18,20,22H2,1-8H3,(H,39,43)/t24?,27-,28-,34?/m1/s1. The number of rotatable bonds is 7. The molecule has 4 atom stereocenters. The third-order valence-corrected chi connectivity index (χ3v) is 9.27. The van der Waals surface area contributed by atoms with Gasteiger partial charge in [0.2, 0.25) is 11.8 Å². The van der Waals surface area contributed by atoms with Gasteiger partial charge in [0.15, 0.2) is 0 Å². The van der Waals surface area contributed by atoms with Crippen LogP contribution in [-0.4, -0.2) is 77.9 Å². The van der Waals surface area contributed by atoms with E-state index in [-0.39, 0.29) is 44.1 Å². The van der Waals surface area contributed by atoms with Crippen molar-refractivity contribution in [2.45, 2.75) is 128 Å². The van der Waals surface area contributed by atoms with E-state index in [1.165, 1.54) is 16.9 Å². The number of carbonyl (C=O) groups is 3. The predicted octanol–water partition coefficient (Wildman–Crippen LogP) is 6.40. The highest BCUT2D eigenvalue weighted by atomic mass is 19.3. The van der Waals surface area contributed by atoms with Crippen molar-refractivity contribution in [3.8, 4) is 0 Å². The minimum absolute atomic E-state index is 0.131. The van der Waals surface area contributed by atoms with Crippen LogP contribution >= 0.6 is 0 Å². The smallest absolute Gasteiger partial charge is 0.411 e. The Morgan fingerprint density at radius 2 is 1.65 bits per heavy atom. The Morgan fingerprint density at radius 3 is 2.17 bits per heavy atom. The molecule has 3 aliphatic rings. The van der Waals surface area contributed by atoms with Crippen molar-refractivity contribution in [2.75, 3.05) is 18.6 Å². The molecule has 1 saturated heterocycles. The van der Waals surface area contributed by atoms with Crippen LogP contribution in [0.25, 0.3) is 0 Å². The van der Waals surface area contributed by atoms with Gasteiger partial charge in [-0.2, -0.15) is 0 Å². The molecule has 46 heavy (non-hydrogen) atoms. The van der Waals surface area contributed by atoms with Gasteiger partial charge < -0.3 is 14.8 Å². The highest BCUT2D eigenvalue weighted by molar-refractivity contribution is 6.08. The van der Waals surface area contributed by atoms with Gasteiger partial charge in [-0.25, -0.2) is 13.6 Å². The molecule has 2 heterocycles. The Balaban J connectivity index is 1.82. The lowest BCUT2D eigenvalue weighted by molar-refractivity contribution is -0.133. The summed E-state index contributed by atoms with van der Waals surface area (Å²) in [4.78, 5) is 50.3. The fourth-order valence-electron chi connectivity index (χ4n) is 6.42. The van der Waals surface area contributed by atoms with E-state index in [4.69, 9.17) is 9.47 Å². The number of hydrogen-bond acceptors (Lipinski definition) is 6. The fraction of sp³-hybridized carbons (Fsp3) is 0.657. The normalized spacial score (nSPS) is 24.7. The summed E-state index contributed by atoms with van der Waals surface area (Å²) in [6, 6.07) is 6.06.